The Labute approximate surface area is 254 Å². The molecule has 0 spiro atoms. The number of rotatable bonds is 8. The van der Waals surface area contributed by atoms with Crippen molar-refractivity contribution in [1.29, 1.82) is 5.26 Å². The van der Waals surface area contributed by atoms with E-state index in [1.807, 2.05) is 31.6 Å². The lowest BCUT2D eigenvalue weighted by atomic mass is 10.1. The molecule has 1 aliphatic carbocycles. The van der Waals surface area contributed by atoms with E-state index in [1.54, 1.807) is 12.1 Å². The van der Waals surface area contributed by atoms with Crippen molar-refractivity contribution in [3.8, 4) is 28.3 Å². The molecular weight excluding hydrogens is 559 g/mol. The van der Waals surface area contributed by atoms with E-state index in [9.17, 15) is 9.65 Å². The number of thiophene rings is 1. The third-order valence-electron chi connectivity index (χ3n) is 8.42. The minimum absolute atomic E-state index is 0.301. The maximum atomic E-state index is 13.6. The van der Waals surface area contributed by atoms with Crippen molar-refractivity contribution in [1.82, 2.24) is 24.7 Å². The van der Waals surface area contributed by atoms with Crippen LogP contribution in [-0.2, 0) is 6.42 Å². The SMILES string of the molecule is CCc1nc2ccc(-c3cnc(N4CCC(NC5CC5)CC4)nc3)cn2c1N(C)c1cc(-c2ccc(F)cc2)c(C#N)s1. The van der Waals surface area contributed by atoms with Crippen LogP contribution in [0.5, 0.6) is 0 Å². The summed E-state index contributed by atoms with van der Waals surface area (Å²) in [7, 11) is 2.00. The van der Waals surface area contributed by atoms with Gasteiger partial charge in [0.2, 0.25) is 5.95 Å². The Balaban J connectivity index is 1.16. The molecule has 5 heterocycles. The summed E-state index contributed by atoms with van der Waals surface area (Å²) < 4.78 is 15.7. The summed E-state index contributed by atoms with van der Waals surface area (Å²) in [5, 5.41) is 14.5. The van der Waals surface area contributed by atoms with Crippen LogP contribution < -0.4 is 15.1 Å². The van der Waals surface area contributed by atoms with Crippen molar-refractivity contribution in [3.63, 3.8) is 0 Å². The van der Waals surface area contributed by atoms with Crippen LogP contribution in [0.3, 0.4) is 0 Å². The maximum Gasteiger partial charge on any atom is 0.225 e. The number of benzene rings is 1. The van der Waals surface area contributed by atoms with Crippen LogP contribution in [0.2, 0.25) is 0 Å². The summed E-state index contributed by atoms with van der Waals surface area (Å²) in [5.74, 6) is 1.43. The van der Waals surface area contributed by atoms with E-state index in [0.717, 1.165) is 88.8 Å². The molecule has 4 aromatic heterocycles. The molecule has 218 valence electrons. The van der Waals surface area contributed by atoms with Gasteiger partial charge in [0.05, 0.1) is 10.7 Å². The van der Waals surface area contributed by atoms with Crippen molar-refractivity contribution in [3.05, 3.63) is 77.4 Å². The molecule has 10 heteroatoms. The Morgan fingerprint density at radius 1 is 1.00 bits per heavy atom. The van der Waals surface area contributed by atoms with E-state index in [-0.39, 0.29) is 5.82 Å². The second-order valence-electron chi connectivity index (χ2n) is 11.4. The number of hydrogen-bond donors (Lipinski definition) is 1. The number of nitrogens with zero attached hydrogens (tertiary/aromatic N) is 7. The van der Waals surface area contributed by atoms with Gasteiger partial charge in [-0.05, 0) is 68.0 Å². The van der Waals surface area contributed by atoms with Gasteiger partial charge in [0.25, 0.3) is 0 Å². The average Bonchev–Trinajstić information content (AvgIpc) is 3.62. The van der Waals surface area contributed by atoms with Crippen LogP contribution in [-0.4, -0.2) is 51.6 Å². The van der Waals surface area contributed by atoms with Gasteiger partial charge in [-0.3, -0.25) is 4.40 Å². The second-order valence-corrected chi connectivity index (χ2v) is 12.4. The molecule has 0 bridgehead atoms. The first-order chi connectivity index (χ1) is 21.0. The molecule has 0 atom stereocenters. The number of nitriles is 1. The number of anilines is 3. The summed E-state index contributed by atoms with van der Waals surface area (Å²) >= 11 is 1.42. The molecule has 1 aromatic carbocycles. The number of piperidine rings is 1. The zero-order valence-electron chi connectivity index (χ0n) is 24.3. The van der Waals surface area contributed by atoms with Crippen LogP contribution in [0.15, 0.2) is 61.1 Å². The minimum atomic E-state index is -0.301. The monoisotopic (exact) mass is 592 g/mol. The quantitative estimate of drug-likeness (QED) is 0.218. The molecular formula is C33H33FN8S. The highest BCUT2D eigenvalue weighted by atomic mass is 32.1. The summed E-state index contributed by atoms with van der Waals surface area (Å²) in [6, 6.07) is 16.0. The molecule has 8 nitrogen and oxygen atoms in total. The summed E-state index contributed by atoms with van der Waals surface area (Å²) in [6.45, 7) is 4.04. The molecule has 5 aromatic rings. The number of fused-ring (bicyclic) bond motifs is 1. The molecule has 0 radical (unpaired) electrons. The summed E-state index contributed by atoms with van der Waals surface area (Å²) in [6.07, 6.45) is 11.5. The van der Waals surface area contributed by atoms with E-state index >= 15 is 0 Å². The van der Waals surface area contributed by atoms with Crippen molar-refractivity contribution < 1.29 is 4.39 Å². The van der Waals surface area contributed by atoms with Crippen molar-refractivity contribution >= 4 is 33.8 Å². The van der Waals surface area contributed by atoms with E-state index in [1.165, 1.54) is 36.3 Å². The molecule has 1 saturated heterocycles. The maximum absolute atomic E-state index is 13.6. The Kier molecular flexibility index (Phi) is 7.29. The normalized spacial score (nSPS) is 15.6. The largest absolute Gasteiger partial charge is 0.341 e. The second kappa shape index (κ2) is 11.4. The Morgan fingerprint density at radius 2 is 1.70 bits per heavy atom. The molecule has 1 saturated carbocycles. The number of halogens is 1. The molecule has 2 fully saturated rings. The highest BCUT2D eigenvalue weighted by Gasteiger charge is 2.28. The zero-order chi connectivity index (χ0) is 29.5. The third-order valence-corrected chi connectivity index (χ3v) is 9.54. The lowest BCUT2D eigenvalue weighted by molar-refractivity contribution is 0.410. The Morgan fingerprint density at radius 3 is 2.37 bits per heavy atom. The van der Waals surface area contributed by atoms with Gasteiger partial charge in [-0.1, -0.05) is 19.1 Å². The van der Waals surface area contributed by atoms with Crippen LogP contribution in [0.4, 0.5) is 21.2 Å². The minimum Gasteiger partial charge on any atom is -0.341 e. The van der Waals surface area contributed by atoms with E-state index in [2.05, 4.69) is 44.8 Å². The highest BCUT2D eigenvalue weighted by Crippen LogP contribution is 2.40. The van der Waals surface area contributed by atoms with Gasteiger partial charge in [0.15, 0.2) is 0 Å². The van der Waals surface area contributed by atoms with Crippen molar-refractivity contribution in [2.24, 2.45) is 0 Å². The zero-order valence-corrected chi connectivity index (χ0v) is 25.1. The van der Waals surface area contributed by atoms with E-state index in [0.29, 0.717) is 10.9 Å². The van der Waals surface area contributed by atoms with E-state index < -0.39 is 0 Å². The number of imidazole rings is 1. The Hall–Kier alpha value is -4.33. The topological polar surface area (TPSA) is 85.4 Å². The van der Waals surface area contributed by atoms with Gasteiger partial charge in [0, 0.05) is 67.5 Å². The van der Waals surface area contributed by atoms with Crippen molar-refractivity contribution in [2.45, 2.75) is 51.1 Å². The van der Waals surface area contributed by atoms with Crippen LogP contribution in [0, 0.1) is 17.1 Å². The van der Waals surface area contributed by atoms with Crippen LogP contribution >= 0.6 is 11.3 Å². The smallest absolute Gasteiger partial charge is 0.225 e. The van der Waals surface area contributed by atoms with Crippen LogP contribution in [0.1, 0.15) is 43.2 Å². The standard InChI is InChI=1S/C33H33FN8S/c1-3-28-32(40(2)31-16-27(29(17-35)43-31)21-4-7-24(34)8-5-21)42-20-22(6-11-30(42)39-28)23-18-36-33(37-19-23)41-14-12-26(13-15-41)38-25-9-10-25/h4-8,11,16,18-20,25-26,38H,3,9-10,12-15H2,1-2H3. The number of nitrogens with one attached hydrogen (secondary N) is 1. The highest BCUT2D eigenvalue weighted by molar-refractivity contribution is 7.17. The molecule has 7 rings (SSSR count). The number of aromatic nitrogens is 4. The fraction of sp³-hybridized carbons (Fsp3) is 0.333. The van der Waals surface area contributed by atoms with Gasteiger partial charge in [-0.15, -0.1) is 11.3 Å². The first kappa shape index (κ1) is 27.5. The van der Waals surface area contributed by atoms with Gasteiger partial charge >= 0.3 is 0 Å². The van der Waals surface area contributed by atoms with Gasteiger partial charge < -0.3 is 15.1 Å². The fourth-order valence-corrected chi connectivity index (χ4v) is 6.82. The summed E-state index contributed by atoms with van der Waals surface area (Å²) in [5.41, 5.74) is 5.35. The first-order valence-electron chi connectivity index (χ1n) is 14.9. The number of aryl methyl sites for hydroxylation is 1. The average molecular weight is 593 g/mol. The molecule has 43 heavy (non-hydrogen) atoms. The number of pyridine rings is 1. The van der Waals surface area contributed by atoms with Crippen LogP contribution in [0.25, 0.3) is 27.9 Å². The van der Waals surface area contributed by atoms with Gasteiger partial charge in [-0.25, -0.2) is 19.3 Å². The molecule has 2 aliphatic rings. The first-order valence-corrected chi connectivity index (χ1v) is 15.7. The summed E-state index contributed by atoms with van der Waals surface area (Å²) in [4.78, 5) is 19.4. The van der Waals surface area contributed by atoms with Gasteiger partial charge in [-0.2, -0.15) is 5.26 Å². The predicted molar refractivity (Wildman–Crippen MR) is 169 cm³/mol. The molecule has 0 amide bonds. The van der Waals surface area contributed by atoms with Crippen molar-refractivity contribution in [2.75, 3.05) is 29.9 Å². The van der Waals surface area contributed by atoms with E-state index in [4.69, 9.17) is 15.0 Å². The molecule has 0 unspecified atom stereocenters. The van der Waals surface area contributed by atoms with Gasteiger partial charge in [0.1, 0.15) is 28.2 Å². The molecule has 1 aliphatic heterocycles. The lowest BCUT2D eigenvalue weighted by Gasteiger charge is -2.32. The fourth-order valence-electron chi connectivity index (χ4n) is 5.88. The predicted octanol–water partition coefficient (Wildman–Crippen LogP) is 6.58. The number of hydrogen-bond acceptors (Lipinski definition) is 8. The Bertz CT molecular complexity index is 1790. The lowest BCUT2D eigenvalue weighted by Crippen LogP contribution is -2.43. The molecule has 1 N–H and O–H groups in total. The third kappa shape index (κ3) is 5.46.